The third-order valence-electron chi connectivity index (χ3n) is 3.54. The molecule has 4 rings (SSSR count). The third-order valence-corrected chi connectivity index (χ3v) is 3.54. The molecule has 0 saturated carbocycles. The maximum absolute atomic E-state index is 12.9. The van der Waals surface area contributed by atoms with Crippen molar-refractivity contribution in [2.75, 3.05) is 7.11 Å². The Hall–Kier alpha value is -3.22. The van der Waals surface area contributed by atoms with Crippen LogP contribution >= 0.6 is 0 Å². The van der Waals surface area contributed by atoms with Crippen molar-refractivity contribution in [3.8, 4) is 11.4 Å². The molecule has 0 saturated heterocycles. The highest BCUT2D eigenvalue weighted by molar-refractivity contribution is 5.80. The lowest BCUT2D eigenvalue weighted by Crippen LogP contribution is -2.22. The van der Waals surface area contributed by atoms with Gasteiger partial charge in [0, 0.05) is 0 Å². The van der Waals surface area contributed by atoms with Crippen LogP contribution in [0.3, 0.4) is 0 Å². The van der Waals surface area contributed by atoms with Gasteiger partial charge in [-0.15, -0.1) is 0 Å². The summed E-state index contributed by atoms with van der Waals surface area (Å²) in [6, 6.07) is 14.5. The van der Waals surface area contributed by atoms with Gasteiger partial charge >= 0.3 is 0 Å². The van der Waals surface area contributed by atoms with Gasteiger partial charge in [-0.05, 0) is 34.7 Å². The number of hydrogen-bond acceptors (Lipinski definition) is 5. The summed E-state index contributed by atoms with van der Waals surface area (Å²) in [5.74, 6) is 0.915. The minimum absolute atomic E-state index is 0.192. The SMILES string of the molecule is COc1ccccc1-n1c(=O)c2ccccc2n2nnnc12. The predicted molar refractivity (Wildman–Crippen MR) is 80.4 cm³/mol. The molecule has 0 aliphatic carbocycles. The number of rotatable bonds is 2. The van der Waals surface area contributed by atoms with E-state index in [1.165, 1.54) is 4.57 Å². The zero-order valence-electron chi connectivity index (χ0n) is 11.7. The number of ether oxygens (including phenoxy) is 1. The fourth-order valence-corrected chi connectivity index (χ4v) is 2.56. The average Bonchev–Trinajstić information content (AvgIpc) is 3.05. The first-order valence-electron chi connectivity index (χ1n) is 6.66. The first-order chi connectivity index (χ1) is 10.8. The molecule has 0 unspecified atom stereocenters. The maximum Gasteiger partial charge on any atom is 0.267 e. The van der Waals surface area contributed by atoms with E-state index in [1.54, 1.807) is 29.8 Å². The minimum Gasteiger partial charge on any atom is -0.495 e. The number of aromatic nitrogens is 5. The van der Waals surface area contributed by atoms with Crippen LogP contribution in [0.1, 0.15) is 0 Å². The van der Waals surface area contributed by atoms with Crippen molar-refractivity contribution in [3.63, 3.8) is 0 Å². The second kappa shape index (κ2) is 4.66. The molecule has 22 heavy (non-hydrogen) atoms. The van der Waals surface area contributed by atoms with Crippen molar-refractivity contribution in [1.29, 1.82) is 0 Å². The van der Waals surface area contributed by atoms with Gasteiger partial charge in [0.05, 0.1) is 23.7 Å². The van der Waals surface area contributed by atoms with Gasteiger partial charge in [0.1, 0.15) is 5.75 Å². The normalized spacial score (nSPS) is 11.1. The van der Waals surface area contributed by atoms with E-state index >= 15 is 0 Å². The van der Waals surface area contributed by atoms with Crippen molar-refractivity contribution in [2.45, 2.75) is 0 Å². The lowest BCUT2D eigenvalue weighted by Gasteiger charge is -2.12. The highest BCUT2D eigenvalue weighted by Crippen LogP contribution is 2.23. The number of nitrogens with zero attached hydrogens (tertiary/aromatic N) is 5. The fraction of sp³-hybridized carbons (Fsp3) is 0.0667. The number of benzene rings is 2. The summed E-state index contributed by atoms with van der Waals surface area (Å²) in [4.78, 5) is 12.9. The van der Waals surface area contributed by atoms with Gasteiger partial charge in [0.15, 0.2) is 0 Å². The van der Waals surface area contributed by atoms with Gasteiger partial charge in [0.25, 0.3) is 11.3 Å². The van der Waals surface area contributed by atoms with E-state index in [4.69, 9.17) is 4.74 Å². The van der Waals surface area contributed by atoms with Crippen LogP contribution in [0.15, 0.2) is 53.3 Å². The number of tetrazole rings is 1. The van der Waals surface area contributed by atoms with Crippen LogP contribution in [0.25, 0.3) is 22.4 Å². The zero-order valence-corrected chi connectivity index (χ0v) is 11.7. The van der Waals surface area contributed by atoms with Crippen LogP contribution in [0.2, 0.25) is 0 Å². The van der Waals surface area contributed by atoms with Gasteiger partial charge in [-0.3, -0.25) is 4.79 Å². The monoisotopic (exact) mass is 293 g/mol. The van der Waals surface area contributed by atoms with Gasteiger partial charge in [-0.25, -0.2) is 4.57 Å². The molecule has 0 fully saturated rings. The molecule has 2 aromatic heterocycles. The lowest BCUT2D eigenvalue weighted by atomic mass is 10.2. The molecule has 0 N–H and O–H groups in total. The van der Waals surface area contributed by atoms with E-state index in [2.05, 4.69) is 15.5 Å². The largest absolute Gasteiger partial charge is 0.495 e. The topological polar surface area (TPSA) is 74.3 Å². The van der Waals surface area contributed by atoms with E-state index in [-0.39, 0.29) is 5.56 Å². The molecule has 0 spiro atoms. The van der Waals surface area contributed by atoms with Crippen LogP contribution in [0, 0.1) is 0 Å². The highest BCUT2D eigenvalue weighted by atomic mass is 16.5. The first-order valence-corrected chi connectivity index (χ1v) is 6.66. The Morgan fingerprint density at radius 2 is 1.82 bits per heavy atom. The summed E-state index contributed by atoms with van der Waals surface area (Å²) in [5, 5.41) is 12.2. The summed E-state index contributed by atoms with van der Waals surface area (Å²) in [5.41, 5.74) is 1.07. The van der Waals surface area contributed by atoms with E-state index in [0.717, 1.165) is 0 Å². The molecule has 0 radical (unpaired) electrons. The van der Waals surface area contributed by atoms with Crippen molar-refractivity contribution < 1.29 is 4.74 Å². The number of hydrogen-bond donors (Lipinski definition) is 0. The summed E-state index contributed by atoms with van der Waals surface area (Å²) in [6.07, 6.45) is 0. The number of fused-ring (bicyclic) bond motifs is 3. The Labute approximate surface area is 124 Å². The van der Waals surface area contributed by atoms with Crippen molar-refractivity contribution in [3.05, 3.63) is 58.9 Å². The van der Waals surface area contributed by atoms with E-state index in [9.17, 15) is 4.79 Å². The molecule has 0 atom stereocenters. The van der Waals surface area contributed by atoms with Crippen molar-refractivity contribution >= 4 is 16.7 Å². The molecule has 2 heterocycles. The van der Waals surface area contributed by atoms with Crippen LogP contribution in [0.5, 0.6) is 5.75 Å². The van der Waals surface area contributed by atoms with E-state index in [1.807, 2.05) is 30.3 Å². The Balaban J connectivity index is 2.24. The number of para-hydroxylation sites is 3. The van der Waals surface area contributed by atoms with Crippen LogP contribution in [-0.2, 0) is 0 Å². The number of methoxy groups -OCH3 is 1. The predicted octanol–water partition coefficient (Wildman–Crippen LogP) is 1.44. The molecule has 7 heteroatoms. The Kier molecular flexibility index (Phi) is 2.65. The highest BCUT2D eigenvalue weighted by Gasteiger charge is 2.16. The maximum atomic E-state index is 12.9. The van der Waals surface area contributed by atoms with Gasteiger partial charge in [0.2, 0.25) is 0 Å². The smallest absolute Gasteiger partial charge is 0.267 e. The molecular formula is C15H11N5O2. The average molecular weight is 293 g/mol. The summed E-state index contributed by atoms with van der Waals surface area (Å²) < 4.78 is 8.36. The Morgan fingerprint density at radius 1 is 1.05 bits per heavy atom. The van der Waals surface area contributed by atoms with Crippen molar-refractivity contribution in [2.24, 2.45) is 0 Å². The Bertz CT molecular complexity index is 1050. The minimum atomic E-state index is -0.192. The third kappa shape index (κ3) is 1.62. The van der Waals surface area contributed by atoms with Crippen LogP contribution in [-0.4, -0.2) is 31.7 Å². The molecule has 4 aromatic rings. The second-order valence-corrected chi connectivity index (χ2v) is 4.72. The molecular weight excluding hydrogens is 282 g/mol. The molecule has 0 bridgehead atoms. The standard InChI is InChI=1S/C15H11N5O2/c1-22-13-9-5-4-8-12(13)19-14(21)10-6-2-3-7-11(10)20-15(19)16-17-18-20/h2-9H,1H3. The fourth-order valence-electron chi connectivity index (χ4n) is 2.56. The summed E-state index contributed by atoms with van der Waals surface area (Å²) >= 11 is 0. The van der Waals surface area contributed by atoms with Crippen LogP contribution < -0.4 is 10.3 Å². The molecule has 0 aliphatic rings. The summed E-state index contributed by atoms with van der Waals surface area (Å²) in [6.45, 7) is 0. The van der Waals surface area contributed by atoms with E-state index in [0.29, 0.717) is 28.1 Å². The molecule has 2 aromatic carbocycles. The molecule has 7 nitrogen and oxygen atoms in total. The van der Waals surface area contributed by atoms with Gasteiger partial charge in [-0.1, -0.05) is 29.4 Å². The molecule has 108 valence electrons. The lowest BCUT2D eigenvalue weighted by molar-refractivity contribution is 0.413. The molecule has 0 amide bonds. The Morgan fingerprint density at radius 3 is 2.68 bits per heavy atom. The summed E-state index contributed by atoms with van der Waals surface area (Å²) in [7, 11) is 1.56. The van der Waals surface area contributed by atoms with Crippen molar-refractivity contribution in [1.82, 2.24) is 24.6 Å². The van der Waals surface area contributed by atoms with Gasteiger partial charge < -0.3 is 4.74 Å². The van der Waals surface area contributed by atoms with Crippen LogP contribution in [0.4, 0.5) is 0 Å². The second-order valence-electron chi connectivity index (χ2n) is 4.72. The van der Waals surface area contributed by atoms with E-state index < -0.39 is 0 Å². The van der Waals surface area contributed by atoms with Gasteiger partial charge in [-0.2, -0.15) is 4.52 Å². The quantitative estimate of drug-likeness (QED) is 0.559. The first kappa shape index (κ1) is 12.5. The molecule has 0 aliphatic heterocycles. The zero-order chi connectivity index (χ0) is 15.1.